The number of rotatable bonds is 3. The summed E-state index contributed by atoms with van der Waals surface area (Å²) in [4.78, 5) is 8.77. The van der Waals surface area contributed by atoms with Crippen LogP contribution in [0.3, 0.4) is 0 Å². The fraction of sp³-hybridized carbons (Fsp3) is 0.250. The van der Waals surface area contributed by atoms with E-state index in [4.69, 9.17) is 0 Å². The van der Waals surface area contributed by atoms with Gasteiger partial charge in [0.2, 0.25) is 0 Å². The van der Waals surface area contributed by atoms with Gasteiger partial charge in [-0.1, -0.05) is 0 Å². The highest BCUT2D eigenvalue weighted by Gasteiger charge is 2.09. The number of nitrogens with one attached hydrogen (secondary N) is 1. The molecular formula is C12H12N8. The van der Waals surface area contributed by atoms with Crippen LogP contribution in [0.5, 0.6) is 0 Å². The molecule has 4 aromatic rings. The summed E-state index contributed by atoms with van der Waals surface area (Å²) in [5, 5.41) is 16.4. The van der Waals surface area contributed by atoms with E-state index in [0.29, 0.717) is 0 Å². The molecule has 0 saturated heterocycles. The van der Waals surface area contributed by atoms with E-state index in [1.807, 2.05) is 23.9 Å². The highest BCUT2D eigenvalue weighted by Crippen LogP contribution is 2.13. The number of nitrogens with zero attached hydrogens (tertiary/aromatic N) is 7. The fourth-order valence-corrected chi connectivity index (χ4v) is 2.19. The minimum Gasteiger partial charge on any atom is -0.272 e. The Kier molecular flexibility index (Phi) is 2.28. The second kappa shape index (κ2) is 4.12. The van der Waals surface area contributed by atoms with Gasteiger partial charge in [-0.15, -0.1) is 5.10 Å². The van der Waals surface area contributed by atoms with Crippen molar-refractivity contribution >= 4 is 16.7 Å². The largest absolute Gasteiger partial charge is 0.272 e. The van der Waals surface area contributed by atoms with E-state index < -0.39 is 0 Å². The Bertz CT molecular complexity index is 883. The molecule has 4 aromatic heterocycles. The summed E-state index contributed by atoms with van der Waals surface area (Å²) < 4.78 is 3.58. The summed E-state index contributed by atoms with van der Waals surface area (Å²) in [5.74, 6) is 0.772. The predicted octanol–water partition coefficient (Wildman–Crippen LogP) is 0.748. The first-order chi connectivity index (χ1) is 9.79. The Labute approximate surface area is 113 Å². The van der Waals surface area contributed by atoms with Crippen molar-refractivity contribution in [2.45, 2.75) is 19.9 Å². The van der Waals surface area contributed by atoms with Crippen LogP contribution in [-0.4, -0.2) is 39.6 Å². The van der Waals surface area contributed by atoms with E-state index in [9.17, 15) is 0 Å². The summed E-state index contributed by atoms with van der Waals surface area (Å²) in [6.45, 7) is 2.73. The van der Waals surface area contributed by atoms with Crippen LogP contribution >= 0.6 is 0 Å². The lowest BCUT2D eigenvalue weighted by Crippen LogP contribution is -2.03. The van der Waals surface area contributed by atoms with Gasteiger partial charge in [-0.25, -0.2) is 14.5 Å². The van der Waals surface area contributed by atoms with Crippen LogP contribution in [0.15, 0.2) is 24.8 Å². The van der Waals surface area contributed by atoms with Crippen LogP contribution in [0.1, 0.15) is 11.5 Å². The summed E-state index contributed by atoms with van der Waals surface area (Å²) >= 11 is 0. The van der Waals surface area contributed by atoms with Gasteiger partial charge in [0.1, 0.15) is 6.33 Å². The third-order valence-electron chi connectivity index (χ3n) is 3.17. The van der Waals surface area contributed by atoms with Crippen molar-refractivity contribution in [1.29, 1.82) is 0 Å². The monoisotopic (exact) mass is 268 g/mol. The number of hydrogen-bond acceptors (Lipinski definition) is 5. The topological polar surface area (TPSA) is 89.6 Å². The highest BCUT2D eigenvalue weighted by molar-refractivity contribution is 5.87. The molecule has 0 atom stereocenters. The van der Waals surface area contributed by atoms with Crippen LogP contribution in [0.4, 0.5) is 0 Å². The van der Waals surface area contributed by atoms with Gasteiger partial charge in [-0.05, 0) is 13.0 Å². The molecule has 8 nitrogen and oxygen atoms in total. The smallest absolute Gasteiger partial charge is 0.170 e. The number of aromatic amines is 1. The molecular weight excluding hydrogens is 256 g/mol. The van der Waals surface area contributed by atoms with Crippen molar-refractivity contribution in [3.63, 3.8) is 0 Å². The second-order valence-electron chi connectivity index (χ2n) is 4.64. The SMILES string of the molecule is Cc1ccn(CCc2nc3c4cn[nH]c4ncn3n2)n1. The van der Waals surface area contributed by atoms with Crippen molar-refractivity contribution in [2.75, 3.05) is 0 Å². The van der Waals surface area contributed by atoms with Gasteiger partial charge in [0, 0.05) is 19.2 Å². The van der Waals surface area contributed by atoms with Crippen LogP contribution in [0.2, 0.25) is 0 Å². The lowest BCUT2D eigenvalue weighted by molar-refractivity contribution is 0.595. The van der Waals surface area contributed by atoms with Crippen molar-refractivity contribution in [3.05, 3.63) is 36.3 Å². The Hall–Kier alpha value is -2.77. The highest BCUT2D eigenvalue weighted by atomic mass is 15.3. The van der Waals surface area contributed by atoms with Crippen LogP contribution in [0, 0.1) is 6.92 Å². The maximum Gasteiger partial charge on any atom is 0.170 e. The number of aryl methyl sites for hydroxylation is 3. The van der Waals surface area contributed by atoms with E-state index in [0.717, 1.165) is 41.2 Å². The first-order valence-corrected chi connectivity index (χ1v) is 6.33. The molecule has 4 rings (SSSR count). The van der Waals surface area contributed by atoms with Crippen molar-refractivity contribution < 1.29 is 0 Å². The average molecular weight is 268 g/mol. The number of aromatic nitrogens is 8. The molecule has 0 aliphatic carbocycles. The molecule has 4 heterocycles. The van der Waals surface area contributed by atoms with Crippen molar-refractivity contribution in [3.8, 4) is 0 Å². The summed E-state index contributed by atoms with van der Waals surface area (Å²) in [6.07, 6.45) is 6.04. The summed E-state index contributed by atoms with van der Waals surface area (Å²) in [6, 6.07) is 1.98. The molecule has 0 radical (unpaired) electrons. The van der Waals surface area contributed by atoms with Crippen LogP contribution in [0.25, 0.3) is 16.7 Å². The predicted molar refractivity (Wildman–Crippen MR) is 71.1 cm³/mol. The maximum absolute atomic E-state index is 4.55. The lowest BCUT2D eigenvalue weighted by atomic mass is 10.4. The number of hydrogen-bond donors (Lipinski definition) is 1. The van der Waals surface area contributed by atoms with E-state index in [2.05, 4.69) is 30.4 Å². The molecule has 0 fully saturated rings. The third-order valence-corrected chi connectivity index (χ3v) is 3.17. The maximum atomic E-state index is 4.55. The fourth-order valence-electron chi connectivity index (χ4n) is 2.19. The second-order valence-corrected chi connectivity index (χ2v) is 4.64. The van der Waals surface area contributed by atoms with E-state index in [1.54, 1.807) is 17.0 Å². The molecule has 8 heteroatoms. The zero-order valence-electron chi connectivity index (χ0n) is 10.9. The Morgan fingerprint density at radius 2 is 2.25 bits per heavy atom. The normalized spacial score (nSPS) is 11.7. The molecule has 100 valence electrons. The zero-order chi connectivity index (χ0) is 13.5. The Morgan fingerprint density at radius 3 is 3.10 bits per heavy atom. The molecule has 0 spiro atoms. The van der Waals surface area contributed by atoms with E-state index in [1.165, 1.54) is 0 Å². The van der Waals surface area contributed by atoms with E-state index in [-0.39, 0.29) is 0 Å². The first kappa shape index (κ1) is 11.1. The van der Waals surface area contributed by atoms with Gasteiger partial charge >= 0.3 is 0 Å². The van der Waals surface area contributed by atoms with Crippen LogP contribution in [-0.2, 0) is 13.0 Å². The molecule has 0 aromatic carbocycles. The third kappa shape index (κ3) is 1.73. The summed E-state index contributed by atoms with van der Waals surface area (Å²) in [7, 11) is 0. The Morgan fingerprint density at radius 1 is 1.30 bits per heavy atom. The van der Waals surface area contributed by atoms with Crippen LogP contribution < -0.4 is 0 Å². The molecule has 1 N–H and O–H groups in total. The first-order valence-electron chi connectivity index (χ1n) is 6.33. The molecule has 20 heavy (non-hydrogen) atoms. The molecule has 0 aliphatic rings. The molecule has 0 amide bonds. The van der Waals surface area contributed by atoms with Gasteiger partial charge in [-0.2, -0.15) is 10.2 Å². The molecule has 0 unspecified atom stereocenters. The van der Waals surface area contributed by atoms with Crippen molar-refractivity contribution in [2.24, 2.45) is 0 Å². The molecule has 0 saturated carbocycles. The van der Waals surface area contributed by atoms with Gasteiger partial charge in [-0.3, -0.25) is 9.78 Å². The van der Waals surface area contributed by atoms with Gasteiger partial charge in [0.25, 0.3) is 0 Å². The Balaban J connectivity index is 1.66. The van der Waals surface area contributed by atoms with Gasteiger partial charge < -0.3 is 0 Å². The number of fused-ring (bicyclic) bond motifs is 3. The minimum atomic E-state index is 0.721. The summed E-state index contributed by atoms with van der Waals surface area (Å²) in [5.41, 5.74) is 2.51. The number of H-pyrrole nitrogens is 1. The molecule has 0 aliphatic heterocycles. The van der Waals surface area contributed by atoms with E-state index >= 15 is 0 Å². The molecule has 0 bridgehead atoms. The van der Waals surface area contributed by atoms with Gasteiger partial charge in [0.05, 0.1) is 17.3 Å². The van der Waals surface area contributed by atoms with Gasteiger partial charge in [0.15, 0.2) is 17.1 Å². The standard InChI is InChI=1S/C12H12N8/c1-8-2-4-19(17-8)5-3-10-15-12-9-6-14-16-11(9)13-7-20(12)18-10/h2,4,6-7H,3,5H2,1H3,(H,14,16). The van der Waals surface area contributed by atoms with Crippen molar-refractivity contribution in [1.82, 2.24) is 39.6 Å². The lowest BCUT2D eigenvalue weighted by Gasteiger charge is -1.96. The zero-order valence-corrected chi connectivity index (χ0v) is 10.9. The quantitative estimate of drug-likeness (QED) is 0.592. The minimum absolute atomic E-state index is 0.721. The average Bonchev–Trinajstić information content (AvgIpc) is 3.13.